The molecule has 3 aromatic rings. The van der Waals surface area contributed by atoms with E-state index in [1.54, 1.807) is 16.2 Å². The number of fused-ring (bicyclic) bond motifs is 1. The quantitative estimate of drug-likeness (QED) is 0.571. The lowest BCUT2D eigenvalue weighted by Gasteiger charge is -2.29. The number of carbonyl (C=O) groups is 2. The van der Waals surface area contributed by atoms with Gasteiger partial charge >= 0.3 is 0 Å². The molecule has 0 fully saturated rings. The van der Waals surface area contributed by atoms with Crippen LogP contribution in [0.2, 0.25) is 0 Å². The van der Waals surface area contributed by atoms with Crippen LogP contribution in [0.1, 0.15) is 18.1 Å². The number of nitrogens with one attached hydrogen (secondary N) is 1. The zero-order chi connectivity index (χ0) is 20.9. The van der Waals surface area contributed by atoms with Crippen molar-refractivity contribution < 1.29 is 9.59 Å². The van der Waals surface area contributed by atoms with Crippen molar-refractivity contribution in [1.82, 2.24) is 25.0 Å². The van der Waals surface area contributed by atoms with Crippen LogP contribution in [0.5, 0.6) is 0 Å². The van der Waals surface area contributed by atoms with Gasteiger partial charge in [-0.05, 0) is 35.9 Å². The molecule has 0 unspecified atom stereocenters. The van der Waals surface area contributed by atoms with Crippen molar-refractivity contribution in [3.05, 3.63) is 52.9 Å². The van der Waals surface area contributed by atoms with Crippen LogP contribution in [0.3, 0.4) is 0 Å². The molecular weight excluding hydrogens is 418 g/mol. The molecule has 0 radical (unpaired) electrons. The number of carbonyl (C=O) groups excluding carboxylic acids is 2. The Bertz CT molecular complexity index is 1030. The van der Waals surface area contributed by atoms with E-state index in [2.05, 4.69) is 27.6 Å². The van der Waals surface area contributed by atoms with Gasteiger partial charge in [-0.15, -0.1) is 21.5 Å². The van der Waals surface area contributed by atoms with Crippen LogP contribution in [0.4, 0.5) is 0 Å². The Hall–Kier alpha value is -2.65. The largest absolute Gasteiger partial charge is 0.346 e. The number of rotatable bonds is 7. The first-order chi connectivity index (χ1) is 14.7. The Morgan fingerprint density at radius 1 is 1.17 bits per heavy atom. The maximum atomic E-state index is 12.5. The van der Waals surface area contributed by atoms with E-state index in [0.29, 0.717) is 18.2 Å². The molecule has 1 aromatic carbocycles. The van der Waals surface area contributed by atoms with Gasteiger partial charge < -0.3 is 14.8 Å². The van der Waals surface area contributed by atoms with E-state index in [0.717, 1.165) is 23.7 Å². The maximum absolute atomic E-state index is 12.5. The highest BCUT2D eigenvalue weighted by atomic mass is 32.2. The van der Waals surface area contributed by atoms with Gasteiger partial charge in [-0.25, -0.2) is 0 Å². The third-order valence-corrected chi connectivity index (χ3v) is 6.86. The lowest BCUT2D eigenvalue weighted by molar-refractivity contribution is -0.133. The summed E-state index contributed by atoms with van der Waals surface area (Å²) in [5.74, 6) is 0.767. The van der Waals surface area contributed by atoms with E-state index in [1.165, 1.54) is 22.9 Å². The Morgan fingerprint density at radius 3 is 2.77 bits per heavy atom. The van der Waals surface area contributed by atoms with Crippen molar-refractivity contribution in [3.63, 3.8) is 0 Å². The standard InChI is InChI=1S/C21H23N5O2S2/c1-2-26-20(17-8-5-11-29-17)23-24-21(26)30-14-18(27)22-12-19(28)25-10-9-15-6-3-4-7-16(15)13-25/h3-8,11H,2,9-10,12-14H2,1H3,(H,22,27). The molecule has 2 aromatic heterocycles. The van der Waals surface area contributed by atoms with Gasteiger partial charge in [-0.1, -0.05) is 42.1 Å². The summed E-state index contributed by atoms with van der Waals surface area (Å²) < 4.78 is 2.00. The van der Waals surface area contributed by atoms with Gasteiger partial charge in [0.25, 0.3) is 0 Å². The predicted octanol–water partition coefficient (Wildman–Crippen LogP) is 2.82. The summed E-state index contributed by atoms with van der Waals surface area (Å²) in [6.45, 7) is 4.05. The molecule has 9 heteroatoms. The van der Waals surface area contributed by atoms with E-state index < -0.39 is 0 Å². The molecule has 0 aliphatic carbocycles. The van der Waals surface area contributed by atoms with Gasteiger partial charge in [0.2, 0.25) is 11.8 Å². The van der Waals surface area contributed by atoms with Gasteiger partial charge in [0.15, 0.2) is 11.0 Å². The molecule has 0 bridgehead atoms. The highest BCUT2D eigenvalue weighted by Gasteiger charge is 2.21. The predicted molar refractivity (Wildman–Crippen MR) is 118 cm³/mol. The van der Waals surface area contributed by atoms with E-state index in [9.17, 15) is 9.59 Å². The Labute approximate surface area is 183 Å². The summed E-state index contributed by atoms with van der Waals surface area (Å²) in [4.78, 5) is 27.6. The van der Waals surface area contributed by atoms with Crippen molar-refractivity contribution in [3.8, 4) is 10.7 Å². The highest BCUT2D eigenvalue weighted by molar-refractivity contribution is 7.99. The lowest BCUT2D eigenvalue weighted by Crippen LogP contribution is -2.42. The van der Waals surface area contributed by atoms with Crippen molar-refractivity contribution in [1.29, 1.82) is 0 Å². The second kappa shape index (κ2) is 9.44. The third-order valence-electron chi connectivity index (χ3n) is 5.03. The molecule has 1 N–H and O–H groups in total. The topological polar surface area (TPSA) is 80.1 Å². The van der Waals surface area contributed by atoms with E-state index in [4.69, 9.17) is 0 Å². The first-order valence-corrected chi connectivity index (χ1v) is 11.7. The normalized spacial score (nSPS) is 13.2. The molecule has 30 heavy (non-hydrogen) atoms. The highest BCUT2D eigenvalue weighted by Crippen LogP contribution is 2.27. The minimum atomic E-state index is -0.186. The summed E-state index contributed by atoms with van der Waals surface area (Å²) >= 11 is 2.94. The Kier molecular flexibility index (Phi) is 6.49. The van der Waals surface area contributed by atoms with E-state index in [1.807, 2.05) is 41.1 Å². The van der Waals surface area contributed by atoms with Crippen LogP contribution < -0.4 is 5.32 Å². The van der Waals surface area contributed by atoms with Gasteiger partial charge in [0.1, 0.15) is 0 Å². The molecule has 2 amide bonds. The number of hydrogen-bond acceptors (Lipinski definition) is 6. The van der Waals surface area contributed by atoms with Crippen LogP contribution in [-0.2, 0) is 29.1 Å². The van der Waals surface area contributed by atoms with Crippen molar-refractivity contribution in [2.24, 2.45) is 0 Å². The molecule has 0 atom stereocenters. The first kappa shape index (κ1) is 20.6. The van der Waals surface area contributed by atoms with Gasteiger partial charge in [-0.3, -0.25) is 9.59 Å². The number of hydrogen-bond donors (Lipinski definition) is 1. The van der Waals surface area contributed by atoms with Crippen molar-refractivity contribution in [2.45, 2.75) is 31.6 Å². The molecule has 4 rings (SSSR count). The molecule has 1 aliphatic heterocycles. The fourth-order valence-electron chi connectivity index (χ4n) is 3.44. The third kappa shape index (κ3) is 4.57. The summed E-state index contributed by atoms with van der Waals surface area (Å²) in [5.41, 5.74) is 2.48. The zero-order valence-electron chi connectivity index (χ0n) is 16.7. The summed E-state index contributed by atoms with van der Waals surface area (Å²) in [7, 11) is 0. The average molecular weight is 442 g/mol. The van der Waals surface area contributed by atoms with Crippen molar-refractivity contribution >= 4 is 34.9 Å². The van der Waals surface area contributed by atoms with E-state index in [-0.39, 0.29) is 24.1 Å². The smallest absolute Gasteiger partial charge is 0.242 e. The Balaban J connectivity index is 1.27. The monoisotopic (exact) mass is 441 g/mol. The Morgan fingerprint density at radius 2 is 2.00 bits per heavy atom. The minimum absolute atomic E-state index is 0.0163. The molecule has 1 aliphatic rings. The van der Waals surface area contributed by atoms with Gasteiger partial charge in [0.05, 0.1) is 17.2 Å². The number of benzene rings is 1. The SMILES string of the molecule is CCn1c(SCC(=O)NCC(=O)N2CCc3ccccc3C2)nnc1-c1cccs1. The summed E-state index contributed by atoms with van der Waals surface area (Å²) in [5, 5.41) is 13.9. The molecule has 3 heterocycles. The van der Waals surface area contributed by atoms with Crippen LogP contribution in [0.15, 0.2) is 46.9 Å². The number of thiophene rings is 1. The van der Waals surface area contributed by atoms with Crippen LogP contribution >= 0.6 is 23.1 Å². The number of nitrogens with zero attached hydrogens (tertiary/aromatic N) is 4. The van der Waals surface area contributed by atoms with Crippen molar-refractivity contribution in [2.75, 3.05) is 18.8 Å². The second-order valence-electron chi connectivity index (χ2n) is 6.93. The lowest BCUT2D eigenvalue weighted by atomic mass is 10.00. The fraction of sp³-hybridized carbons (Fsp3) is 0.333. The van der Waals surface area contributed by atoms with Gasteiger partial charge in [-0.2, -0.15) is 0 Å². The number of thioether (sulfide) groups is 1. The summed E-state index contributed by atoms with van der Waals surface area (Å²) in [6, 6.07) is 12.2. The maximum Gasteiger partial charge on any atom is 0.242 e. The van der Waals surface area contributed by atoms with Crippen LogP contribution in [-0.4, -0.2) is 50.3 Å². The van der Waals surface area contributed by atoms with Gasteiger partial charge in [0, 0.05) is 19.6 Å². The average Bonchev–Trinajstić information content (AvgIpc) is 3.45. The zero-order valence-corrected chi connectivity index (χ0v) is 18.3. The second-order valence-corrected chi connectivity index (χ2v) is 8.82. The molecule has 7 nitrogen and oxygen atoms in total. The molecule has 0 saturated carbocycles. The molecule has 156 valence electrons. The molecule has 0 saturated heterocycles. The fourth-order valence-corrected chi connectivity index (χ4v) is 4.99. The van der Waals surface area contributed by atoms with Crippen LogP contribution in [0.25, 0.3) is 10.7 Å². The van der Waals surface area contributed by atoms with Crippen LogP contribution in [0, 0.1) is 0 Å². The first-order valence-electron chi connectivity index (χ1n) is 9.87. The van der Waals surface area contributed by atoms with E-state index >= 15 is 0 Å². The molecule has 0 spiro atoms. The number of amides is 2. The summed E-state index contributed by atoms with van der Waals surface area (Å²) in [6.07, 6.45) is 0.852. The minimum Gasteiger partial charge on any atom is -0.346 e. The number of aromatic nitrogens is 3. The molecular formula is C21H23N5O2S2.